The average molecular weight is 321 g/mol. The van der Waals surface area contributed by atoms with Gasteiger partial charge in [0.25, 0.3) is 0 Å². The second-order valence-electron chi connectivity index (χ2n) is 5.10. The number of nitrogens with one attached hydrogen (secondary N) is 1. The fraction of sp³-hybridized carbons (Fsp3) is 0.143. The van der Waals surface area contributed by atoms with Crippen molar-refractivity contribution in [2.75, 3.05) is 14.1 Å². The van der Waals surface area contributed by atoms with Crippen LogP contribution in [-0.4, -0.2) is 25.7 Å². The Labute approximate surface area is 143 Å². The number of carbonyl (C=O) groups is 2. The van der Waals surface area contributed by atoms with Crippen molar-refractivity contribution in [2.24, 2.45) is 0 Å². The molecule has 2 aromatic rings. The van der Waals surface area contributed by atoms with E-state index in [4.69, 9.17) is 0 Å². The van der Waals surface area contributed by atoms with Crippen LogP contribution in [0.3, 0.4) is 0 Å². The summed E-state index contributed by atoms with van der Waals surface area (Å²) in [7, 11) is 3.75. The molecule has 124 valence electrons. The van der Waals surface area contributed by atoms with Crippen molar-refractivity contribution in [3.05, 3.63) is 83.9 Å². The molecule has 0 aromatic heterocycles. The molecule has 0 saturated heterocycles. The highest BCUT2D eigenvalue weighted by Gasteiger charge is 2.03. The summed E-state index contributed by atoms with van der Waals surface area (Å²) in [6.07, 6.45) is 6.23. The van der Waals surface area contributed by atoms with Crippen LogP contribution in [0.1, 0.15) is 17.5 Å². The summed E-state index contributed by atoms with van der Waals surface area (Å²) in [5.41, 5.74) is 1.89. The van der Waals surface area contributed by atoms with Crippen LogP contribution >= 0.6 is 0 Å². The van der Waals surface area contributed by atoms with Crippen LogP contribution in [0.5, 0.6) is 0 Å². The summed E-state index contributed by atoms with van der Waals surface area (Å²) in [6.45, 7) is 0. The molecule has 24 heavy (non-hydrogen) atoms. The van der Waals surface area contributed by atoms with Crippen LogP contribution in [0.25, 0.3) is 12.2 Å². The largest absolute Gasteiger partial charge is 0.323 e. The Morgan fingerprint density at radius 1 is 0.750 bits per heavy atom. The molecule has 0 radical (unpaired) electrons. The molecule has 2 aromatic carbocycles. The van der Waals surface area contributed by atoms with E-state index in [9.17, 15) is 9.59 Å². The zero-order valence-corrected chi connectivity index (χ0v) is 14.1. The molecule has 0 atom stereocenters. The molecule has 0 saturated carbocycles. The molecule has 2 rings (SSSR count). The van der Waals surface area contributed by atoms with Crippen molar-refractivity contribution in [3.63, 3.8) is 0 Å². The second-order valence-corrected chi connectivity index (χ2v) is 5.10. The number of carbonyl (C=O) groups excluding carboxylic acids is 2. The van der Waals surface area contributed by atoms with E-state index >= 15 is 0 Å². The molecule has 0 aliphatic carbocycles. The lowest BCUT2D eigenvalue weighted by atomic mass is 10.1. The number of hydrogen-bond donors (Lipinski definition) is 1. The molecule has 0 bridgehead atoms. The fourth-order valence-electron chi connectivity index (χ4n) is 1.80. The Hall–Kier alpha value is -2.78. The fourth-order valence-corrected chi connectivity index (χ4v) is 1.80. The predicted octanol–water partition coefficient (Wildman–Crippen LogP) is 3.78. The molecule has 0 aliphatic heterocycles. The van der Waals surface area contributed by atoms with E-state index in [2.05, 4.69) is 5.32 Å². The minimum absolute atomic E-state index is 0.104. The van der Waals surface area contributed by atoms with Gasteiger partial charge in [-0.3, -0.25) is 9.59 Å². The summed E-state index contributed by atoms with van der Waals surface area (Å²) in [5.74, 6) is -0.386. The van der Waals surface area contributed by atoms with Gasteiger partial charge in [-0.15, -0.1) is 0 Å². The zero-order valence-electron chi connectivity index (χ0n) is 14.1. The third-order valence-electron chi connectivity index (χ3n) is 2.87. The highest BCUT2D eigenvalue weighted by atomic mass is 16.1. The third-order valence-corrected chi connectivity index (χ3v) is 2.87. The SMILES string of the molecule is CNC.O=C(C=Cc1ccccc1)CC(=O)C=Cc1ccccc1. The Morgan fingerprint density at radius 2 is 1.08 bits per heavy atom. The maximum Gasteiger partial charge on any atom is 0.163 e. The lowest BCUT2D eigenvalue weighted by Crippen LogP contribution is -2.01. The first-order chi connectivity index (χ1) is 11.7. The van der Waals surface area contributed by atoms with Crippen molar-refractivity contribution >= 4 is 23.7 Å². The van der Waals surface area contributed by atoms with Crippen molar-refractivity contribution in [1.29, 1.82) is 0 Å². The highest BCUT2D eigenvalue weighted by Crippen LogP contribution is 2.04. The van der Waals surface area contributed by atoms with Crippen LogP contribution in [0, 0.1) is 0 Å². The molecule has 3 nitrogen and oxygen atoms in total. The summed E-state index contributed by atoms with van der Waals surface area (Å²) in [4.78, 5) is 23.4. The van der Waals surface area contributed by atoms with Gasteiger partial charge in [-0.2, -0.15) is 0 Å². The molecule has 0 fully saturated rings. The lowest BCUT2D eigenvalue weighted by Gasteiger charge is -1.93. The summed E-state index contributed by atoms with van der Waals surface area (Å²) in [5, 5.41) is 2.75. The first-order valence-electron chi connectivity index (χ1n) is 7.76. The summed E-state index contributed by atoms with van der Waals surface area (Å²) < 4.78 is 0. The van der Waals surface area contributed by atoms with E-state index in [1.165, 1.54) is 12.2 Å². The molecule has 0 heterocycles. The normalized spacial score (nSPS) is 10.4. The summed E-state index contributed by atoms with van der Waals surface area (Å²) >= 11 is 0. The molecule has 3 heteroatoms. The number of ketones is 2. The van der Waals surface area contributed by atoms with Gasteiger partial charge >= 0.3 is 0 Å². The first kappa shape index (κ1) is 19.3. The van der Waals surface area contributed by atoms with Gasteiger partial charge in [0.2, 0.25) is 0 Å². The Kier molecular flexibility index (Phi) is 9.43. The van der Waals surface area contributed by atoms with Crippen LogP contribution in [0.2, 0.25) is 0 Å². The average Bonchev–Trinajstić information content (AvgIpc) is 2.61. The first-order valence-corrected chi connectivity index (χ1v) is 7.76. The van der Waals surface area contributed by atoms with Crippen molar-refractivity contribution in [3.8, 4) is 0 Å². The van der Waals surface area contributed by atoms with E-state index in [0.717, 1.165) is 11.1 Å². The Morgan fingerprint density at radius 3 is 1.42 bits per heavy atom. The van der Waals surface area contributed by atoms with Gasteiger partial charge in [-0.05, 0) is 37.4 Å². The minimum atomic E-state index is -0.193. The van der Waals surface area contributed by atoms with Crippen molar-refractivity contribution in [2.45, 2.75) is 6.42 Å². The third kappa shape index (κ3) is 8.61. The van der Waals surface area contributed by atoms with Crippen LogP contribution in [0.4, 0.5) is 0 Å². The maximum absolute atomic E-state index is 11.7. The van der Waals surface area contributed by atoms with Gasteiger partial charge in [0.05, 0.1) is 6.42 Å². The maximum atomic E-state index is 11.7. The van der Waals surface area contributed by atoms with Gasteiger partial charge in [0, 0.05) is 0 Å². The molecular weight excluding hydrogens is 298 g/mol. The zero-order chi connectivity index (χ0) is 17.6. The smallest absolute Gasteiger partial charge is 0.163 e. The molecule has 0 unspecified atom stereocenters. The number of allylic oxidation sites excluding steroid dienone is 2. The lowest BCUT2D eigenvalue weighted by molar-refractivity contribution is -0.121. The van der Waals surface area contributed by atoms with Gasteiger partial charge < -0.3 is 5.32 Å². The van der Waals surface area contributed by atoms with E-state index < -0.39 is 0 Å². The summed E-state index contributed by atoms with van der Waals surface area (Å²) in [6, 6.07) is 19.0. The Bertz CT molecular complexity index is 614. The van der Waals surface area contributed by atoms with Crippen molar-refractivity contribution in [1.82, 2.24) is 5.32 Å². The van der Waals surface area contributed by atoms with Crippen LogP contribution in [-0.2, 0) is 9.59 Å². The Balaban J connectivity index is 0.000000891. The number of hydrogen-bond acceptors (Lipinski definition) is 3. The van der Waals surface area contributed by atoms with Gasteiger partial charge in [0.15, 0.2) is 11.6 Å². The van der Waals surface area contributed by atoms with E-state index in [0.29, 0.717) is 0 Å². The van der Waals surface area contributed by atoms with Crippen molar-refractivity contribution < 1.29 is 9.59 Å². The standard InChI is InChI=1S/C19H16O2.C2H7N/c20-18(13-11-16-7-3-1-4-8-16)15-19(21)14-12-17-9-5-2-6-10-17;1-3-2/h1-14H,15H2;3H,1-2H3. The molecule has 0 aliphatic rings. The monoisotopic (exact) mass is 321 g/mol. The number of benzene rings is 2. The molecule has 1 N–H and O–H groups in total. The molecular formula is C21H23NO2. The topological polar surface area (TPSA) is 46.2 Å². The predicted molar refractivity (Wildman–Crippen MR) is 101 cm³/mol. The molecule has 0 amide bonds. The highest BCUT2D eigenvalue weighted by molar-refractivity contribution is 6.10. The quantitative estimate of drug-likeness (QED) is 0.650. The second kappa shape index (κ2) is 11.7. The van der Waals surface area contributed by atoms with E-state index in [1.54, 1.807) is 12.2 Å². The van der Waals surface area contributed by atoms with E-state index in [1.807, 2.05) is 74.8 Å². The minimum Gasteiger partial charge on any atom is -0.323 e. The van der Waals surface area contributed by atoms with Gasteiger partial charge in [0.1, 0.15) is 0 Å². The van der Waals surface area contributed by atoms with Crippen LogP contribution in [0.15, 0.2) is 72.8 Å². The van der Waals surface area contributed by atoms with Gasteiger partial charge in [-0.25, -0.2) is 0 Å². The number of rotatable bonds is 6. The van der Waals surface area contributed by atoms with Crippen LogP contribution < -0.4 is 5.32 Å². The van der Waals surface area contributed by atoms with E-state index in [-0.39, 0.29) is 18.0 Å². The van der Waals surface area contributed by atoms with Gasteiger partial charge in [-0.1, -0.05) is 72.8 Å². The molecule has 0 spiro atoms.